The van der Waals surface area contributed by atoms with Crippen LogP contribution in [0, 0.1) is 11.8 Å². The second-order valence-corrected chi connectivity index (χ2v) is 11.1. The third kappa shape index (κ3) is 7.44. The normalized spacial score (nSPS) is 12.1. The van der Waals surface area contributed by atoms with Crippen molar-refractivity contribution in [3.63, 3.8) is 0 Å². The number of hydrogen-bond donors (Lipinski definition) is 2. The van der Waals surface area contributed by atoms with Crippen LogP contribution in [-0.2, 0) is 14.5 Å². The molecule has 3 aromatic rings. The van der Waals surface area contributed by atoms with E-state index in [1.54, 1.807) is 37.4 Å². The van der Waals surface area contributed by atoms with Crippen LogP contribution in [-0.4, -0.2) is 58.5 Å². The maximum Gasteiger partial charge on any atom is 0.442 e. The summed E-state index contributed by atoms with van der Waals surface area (Å²) in [5.41, 5.74) is 2.96. The quantitative estimate of drug-likeness (QED) is 0.321. The van der Waals surface area contributed by atoms with Crippen LogP contribution in [0.25, 0.3) is 0 Å². The van der Waals surface area contributed by atoms with Crippen LogP contribution in [0.4, 0.5) is 27.9 Å². The number of carbonyl (C=O) groups excluding carboxylic acids is 1. The molecule has 0 saturated carbocycles. The molecule has 3 rings (SSSR count). The summed E-state index contributed by atoms with van der Waals surface area (Å²) >= 11 is 0. The zero-order chi connectivity index (χ0) is 27.9. The minimum absolute atomic E-state index is 0.152. The van der Waals surface area contributed by atoms with Crippen LogP contribution >= 0.6 is 0 Å². The van der Waals surface area contributed by atoms with Crippen molar-refractivity contribution in [3.8, 4) is 11.8 Å². The smallest absolute Gasteiger partial charge is 0.442 e. The average Bonchev–Trinajstić information content (AvgIpc) is 2.87. The van der Waals surface area contributed by atoms with Crippen molar-refractivity contribution in [1.29, 1.82) is 0 Å². The van der Waals surface area contributed by atoms with E-state index in [1.165, 1.54) is 6.26 Å². The molecule has 1 aromatic heterocycles. The number of hydroxylamine groups is 1. The number of nitrogens with one attached hydrogen (secondary N) is 1. The molecule has 10 nitrogen and oxygen atoms in total. The SMILES string of the molecule is CCOC(=O)N=[S@](C)(=O)c1ccc(Nc2ncc(C#Cc3ccc(N(C)C)cc3)c(N(O)C(C)C)n2)cc1. The van der Waals surface area contributed by atoms with Gasteiger partial charge < -0.3 is 15.0 Å². The lowest BCUT2D eigenvalue weighted by Gasteiger charge is -2.21. The van der Waals surface area contributed by atoms with E-state index in [0.29, 0.717) is 16.1 Å². The zero-order valence-electron chi connectivity index (χ0n) is 22.3. The van der Waals surface area contributed by atoms with E-state index < -0.39 is 15.8 Å². The first-order valence-corrected chi connectivity index (χ1v) is 13.8. The summed E-state index contributed by atoms with van der Waals surface area (Å²) < 4.78 is 21.2. The maximum absolute atomic E-state index is 12.8. The van der Waals surface area contributed by atoms with Crippen LogP contribution in [0.5, 0.6) is 0 Å². The molecule has 1 heterocycles. The van der Waals surface area contributed by atoms with E-state index in [4.69, 9.17) is 4.74 Å². The first kappa shape index (κ1) is 28.4. The highest BCUT2D eigenvalue weighted by atomic mass is 32.2. The molecule has 2 aromatic carbocycles. The first-order chi connectivity index (χ1) is 18.0. The van der Waals surface area contributed by atoms with E-state index in [1.807, 2.05) is 57.1 Å². The van der Waals surface area contributed by atoms with Gasteiger partial charge in [-0.1, -0.05) is 11.8 Å². The van der Waals surface area contributed by atoms with Gasteiger partial charge in [0.2, 0.25) is 5.95 Å². The van der Waals surface area contributed by atoms with E-state index in [2.05, 4.69) is 31.5 Å². The Balaban J connectivity index is 1.86. The second kappa shape index (κ2) is 12.4. The molecule has 0 spiro atoms. The van der Waals surface area contributed by atoms with Crippen LogP contribution in [0.2, 0.25) is 0 Å². The van der Waals surface area contributed by atoms with Gasteiger partial charge in [0.05, 0.1) is 34.1 Å². The summed E-state index contributed by atoms with van der Waals surface area (Å²) in [4.78, 5) is 22.9. The molecule has 0 fully saturated rings. The monoisotopic (exact) mass is 536 g/mol. The lowest BCUT2D eigenvalue weighted by molar-refractivity contribution is 0.164. The van der Waals surface area contributed by atoms with Crippen LogP contribution in [0.1, 0.15) is 31.9 Å². The summed E-state index contributed by atoms with van der Waals surface area (Å²) in [7, 11) is 0.988. The highest BCUT2D eigenvalue weighted by molar-refractivity contribution is 7.93. The molecule has 0 unspecified atom stereocenters. The Labute approximate surface area is 223 Å². The molecule has 0 bridgehead atoms. The molecule has 0 aliphatic rings. The fraction of sp³-hybridized carbons (Fsp3) is 0.296. The van der Waals surface area contributed by atoms with Gasteiger partial charge in [0.15, 0.2) is 5.82 Å². The summed E-state index contributed by atoms with van der Waals surface area (Å²) in [6.45, 7) is 5.46. The van der Waals surface area contributed by atoms with Crippen molar-refractivity contribution in [2.24, 2.45) is 4.36 Å². The molecular formula is C27H32N6O4S. The van der Waals surface area contributed by atoms with Crippen molar-refractivity contribution >= 4 is 39.0 Å². The van der Waals surface area contributed by atoms with Gasteiger partial charge in [0.1, 0.15) is 0 Å². The number of amides is 1. The number of rotatable bonds is 7. The molecule has 1 atom stereocenters. The summed E-state index contributed by atoms with van der Waals surface area (Å²) in [6.07, 6.45) is 2.05. The molecule has 0 saturated heterocycles. The van der Waals surface area contributed by atoms with Crippen molar-refractivity contribution < 1.29 is 18.9 Å². The Morgan fingerprint density at radius 1 is 1.13 bits per heavy atom. The Bertz CT molecular complexity index is 1450. The lowest BCUT2D eigenvalue weighted by atomic mass is 10.2. The molecular weight excluding hydrogens is 504 g/mol. The second-order valence-electron chi connectivity index (χ2n) is 8.80. The van der Waals surface area contributed by atoms with E-state index in [0.717, 1.165) is 16.3 Å². The standard InChI is InChI=1S/C27H32N6O4S/c1-7-37-27(34)31-38(6,36)24-16-12-22(13-17-24)29-26-28-18-21(25(30-26)33(35)19(2)3)11-8-20-9-14-23(15-10-20)32(4)5/h9-10,12-19,35H,7H2,1-6H3,(H,28,29,30)/t38-/m1/s1. The van der Waals surface area contributed by atoms with Gasteiger partial charge in [-0.3, -0.25) is 5.21 Å². The van der Waals surface area contributed by atoms with Crippen LogP contribution in [0.3, 0.4) is 0 Å². The largest absolute Gasteiger partial charge is 0.448 e. The Kier molecular flexibility index (Phi) is 9.28. The van der Waals surface area contributed by atoms with Gasteiger partial charge in [-0.05, 0) is 69.3 Å². The Morgan fingerprint density at radius 2 is 1.79 bits per heavy atom. The number of nitrogens with zero attached hydrogens (tertiary/aromatic N) is 5. The maximum atomic E-state index is 12.8. The number of carbonyl (C=O) groups is 1. The van der Waals surface area contributed by atoms with Gasteiger partial charge in [-0.2, -0.15) is 4.98 Å². The molecule has 0 aliphatic carbocycles. The van der Waals surface area contributed by atoms with E-state index in [9.17, 15) is 14.2 Å². The molecule has 0 radical (unpaired) electrons. The molecule has 11 heteroatoms. The van der Waals surface area contributed by atoms with Crippen molar-refractivity contribution in [2.75, 3.05) is 42.2 Å². The third-order valence-electron chi connectivity index (χ3n) is 5.26. The fourth-order valence-corrected chi connectivity index (χ4v) is 4.27. The topological polar surface area (TPSA) is 120 Å². The first-order valence-electron chi connectivity index (χ1n) is 11.9. The average molecular weight is 537 g/mol. The predicted molar refractivity (Wildman–Crippen MR) is 150 cm³/mol. The minimum atomic E-state index is -2.96. The highest BCUT2D eigenvalue weighted by Crippen LogP contribution is 2.23. The molecule has 38 heavy (non-hydrogen) atoms. The number of benzene rings is 2. The summed E-state index contributed by atoms with van der Waals surface area (Å²) in [5, 5.41) is 14.8. The van der Waals surface area contributed by atoms with Gasteiger partial charge >= 0.3 is 6.09 Å². The lowest BCUT2D eigenvalue weighted by Crippen LogP contribution is -2.28. The molecule has 1 amide bonds. The van der Waals surface area contributed by atoms with Gasteiger partial charge in [-0.15, -0.1) is 4.36 Å². The van der Waals surface area contributed by atoms with Crippen LogP contribution < -0.4 is 15.3 Å². The summed E-state index contributed by atoms with van der Waals surface area (Å²) in [5.74, 6) is 6.65. The number of ether oxygens (including phenoxy) is 1. The number of anilines is 4. The highest BCUT2D eigenvalue weighted by Gasteiger charge is 2.16. The fourth-order valence-electron chi connectivity index (χ4n) is 3.19. The summed E-state index contributed by atoms with van der Waals surface area (Å²) in [6, 6.07) is 14.1. The number of aromatic nitrogens is 2. The Hall–Kier alpha value is -4.14. The van der Waals surface area contributed by atoms with Crippen molar-refractivity contribution in [3.05, 3.63) is 65.9 Å². The zero-order valence-corrected chi connectivity index (χ0v) is 23.1. The van der Waals surface area contributed by atoms with Crippen molar-refractivity contribution in [2.45, 2.75) is 31.7 Å². The number of hydrogen-bond acceptors (Lipinski definition) is 9. The Morgan fingerprint density at radius 3 is 2.37 bits per heavy atom. The molecule has 200 valence electrons. The molecule has 2 N–H and O–H groups in total. The predicted octanol–water partition coefficient (Wildman–Crippen LogP) is 4.90. The minimum Gasteiger partial charge on any atom is -0.448 e. The third-order valence-corrected chi connectivity index (χ3v) is 6.91. The molecule has 0 aliphatic heterocycles. The van der Waals surface area contributed by atoms with E-state index in [-0.39, 0.29) is 24.4 Å². The van der Waals surface area contributed by atoms with Gasteiger partial charge in [0.25, 0.3) is 0 Å². The van der Waals surface area contributed by atoms with Gasteiger partial charge in [-0.25, -0.2) is 19.1 Å². The van der Waals surface area contributed by atoms with Gasteiger partial charge in [0, 0.05) is 42.2 Å². The van der Waals surface area contributed by atoms with E-state index >= 15 is 0 Å². The van der Waals surface area contributed by atoms with Crippen LogP contribution in [0.15, 0.2) is 64.0 Å². The van der Waals surface area contributed by atoms with Crippen molar-refractivity contribution in [1.82, 2.24) is 9.97 Å².